The Hall–Kier alpha value is -2.63. The van der Waals surface area contributed by atoms with Crippen LogP contribution in [0.25, 0.3) is 0 Å². The van der Waals surface area contributed by atoms with Gasteiger partial charge in [-0.05, 0) is 11.5 Å². The van der Waals surface area contributed by atoms with Crippen molar-refractivity contribution in [3.8, 4) is 0 Å². The summed E-state index contributed by atoms with van der Waals surface area (Å²) < 4.78 is 0. The quantitative estimate of drug-likeness (QED) is 0.614. The van der Waals surface area contributed by atoms with Crippen molar-refractivity contribution in [1.82, 2.24) is 9.80 Å². The Morgan fingerprint density at radius 3 is 2.42 bits per heavy atom. The van der Waals surface area contributed by atoms with Gasteiger partial charge in [-0.15, -0.1) is 6.58 Å². The topological polar surface area (TPSA) is 77.9 Å². The van der Waals surface area contributed by atoms with Crippen LogP contribution in [0.3, 0.4) is 0 Å². The molecule has 1 aliphatic rings. The van der Waals surface area contributed by atoms with Crippen LogP contribution in [0.15, 0.2) is 43.0 Å². The Bertz CT molecular complexity index is 642. The summed E-state index contributed by atoms with van der Waals surface area (Å²) in [6, 6.07) is 6.53. The van der Waals surface area contributed by atoms with E-state index in [1.54, 1.807) is 24.3 Å². The summed E-state index contributed by atoms with van der Waals surface area (Å²) >= 11 is 0. The molecule has 1 saturated heterocycles. The minimum atomic E-state index is -1.22. The predicted molar refractivity (Wildman–Crippen MR) is 89.3 cm³/mol. The average Bonchev–Trinajstić information content (AvgIpc) is 2.77. The maximum Gasteiger partial charge on any atom is 0.328 e. The molecular formula is C18H22N2O4. The number of carboxylic acid groups (broad SMARTS) is 1. The fraction of sp³-hybridized carbons (Fsp3) is 0.389. The number of carboxylic acids is 1. The molecule has 0 aromatic heterocycles. The van der Waals surface area contributed by atoms with Gasteiger partial charge in [-0.1, -0.05) is 50.3 Å². The van der Waals surface area contributed by atoms with Crippen LogP contribution in [0.4, 0.5) is 4.79 Å². The molecule has 1 aromatic carbocycles. The molecule has 0 aliphatic carbocycles. The molecule has 1 heterocycles. The third-order valence-electron chi connectivity index (χ3n) is 4.10. The molecule has 2 unspecified atom stereocenters. The fourth-order valence-electron chi connectivity index (χ4n) is 3.02. The molecular weight excluding hydrogens is 308 g/mol. The highest BCUT2D eigenvalue weighted by atomic mass is 16.4. The zero-order chi connectivity index (χ0) is 17.9. The van der Waals surface area contributed by atoms with Crippen LogP contribution < -0.4 is 0 Å². The van der Waals surface area contributed by atoms with Gasteiger partial charge >= 0.3 is 12.0 Å². The van der Waals surface area contributed by atoms with Crippen molar-refractivity contribution < 1.29 is 19.5 Å². The molecule has 1 fully saturated rings. The summed E-state index contributed by atoms with van der Waals surface area (Å²) in [7, 11) is 0. The maximum absolute atomic E-state index is 12.7. The zero-order valence-electron chi connectivity index (χ0n) is 13.9. The molecule has 1 aromatic rings. The van der Waals surface area contributed by atoms with Gasteiger partial charge < -0.3 is 10.0 Å². The number of amides is 3. The molecule has 6 heteroatoms. The van der Waals surface area contributed by atoms with E-state index in [0.717, 1.165) is 10.5 Å². The molecule has 2 rings (SSSR count). The second kappa shape index (κ2) is 7.29. The number of aliphatic carboxylic acids is 1. The number of nitrogens with zero attached hydrogens (tertiary/aromatic N) is 2. The van der Waals surface area contributed by atoms with Gasteiger partial charge in [0.25, 0.3) is 5.91 Å². The highest BCUT2D eigenvalue weighted by Crippen LogP contribution is 2.26. The van der Waals surface area contributed by atoms with E-state index in [-0.39, 0.29) is 18.9 Å². The third kappa shape index (κ3) is 3.32. The van der Waals surface area contributed by atoms with E-state index in [4.69, 9.17) is 0 Å². The van der Waals surface area contributed by atoms with Crippen molar-refractivity contribution >= 4 is 17.9 Å². The Morgan fingerprint density at radius 1 is 1.29 bits per heavy atom. The second-order valence-corrected chi connectivity index (χ2v) is 6.16. The number of urea groups is 1. The smallest absolute Gasteiger partial charge is 0.328 e. The van der Waals surface area contributed by atoms with Crippen LogP contribution in [-0.4, -0.2) is 51.4 Å². The number of hydrogen-bond acceptors (Lipinski definition) is 3. The van der Waals surface area contributed by atoms with E-state index in [1.807, 2.05) is 19.9 Å². The molecule has 0 saturated carbocycles. The standard InChI is InChI=1S/C18H22N2O4/c1-4-10-19-15(12(2)3)16(21)20(18(19)24)14(17(22)23)11-13-8-6-5-7-9-13/h4-9,12,14-15H,1,10-11H2,2-3H3,(H,22,23). The molecule has 2 atom stereocenters. The normalized spacial score (nSPS) is 19.0. The largest absolute Gasteiger partial charge is 0.480 e. The molecule has 6 nitrogen and oxygen atoms in total. The monoisotopic (exact) mass is 330 g/mol. The summed E-state index contributed by atoms with van der Waals surface area (Å²) in [6.45, 7) is 7.49. The predicted octanol–water partition coefficient (Wildman–Crippen LogP) is 2.16. The lowest BCUT2D eigenvalue weighted by molar-refractivity contribution is -0.147. The van der Waals surface area contributed by atoms with Crippen molar-refractivity contribution in [3.63, 3.8) is 0 Å². The lowest BCUT2D eigenvalue weighted by atomic mass is 10.0. The van der Waals surface area contributed by atoms with E-state index >= 15 is 0 Å². The first-order valence-corrected chi connectivity index (χ1v) is 7.89. The van der Waals surface area contributed by atoms with Gasteiger partial charge in [0.2, 0.25) is 0 Å². The summed E-state index contributed by atoms with van der Waals surface area (Å²) in [5, 5.41) is 9.59. The molecule has 0 bridgehead atoms. The van der Waals surface area contributed by atoms with Gasteiger partial charge in [0.15, 0.2) is 0 Å². The summed E-state index contributed by atoms with van der Waals surface area (Å²) in [4.78, 5) is 39.4. The Balaban J connectivity index is 2.35. The van der Waals surface area contributed by atoms with Crippen LogP contribution in [0, 0.1) is 5.92 Å². The zero-order valence-corrected chi connectivity index (χ0v) is 13.9. The van der Waals surface area contributed by atoms with Crippen molar-refractivity contribution in [3.05, 3.63) is 48.6 Å². The summed E-state index contributed by atoms with van der Waals surface area (Å²) in [5.74, 6) is -1.76. The van der Waals surface area contributed by atoms with Gasteiger partial charge in [-0.3, -0.25) is 4.79 Å². The minimum Gasteiger partial charge on any atom is -0.480 e. The maximum atomic E-state index is 12.7. The number of imide groups is 1. The lowest BCUT2D eigenvalue weighted by Crippen LogP contribution is -2.47. The van der Waals surface area contributed by atoms with Gasteiger partial charge in [0.1, 0.15) is 12.1 Å². The highest BCUT2D eigenvalue weighted by molar-refractivity contribution is 6.07. The van der Waals surface area contributed by atoms with E-state index in [0.29, 0.717) is 0 Å². The van der Waals surface area contributed by atoms with Gasteiger partial charge in [0, 0.05) is 13.0 Å². The Morgan fingerprint density at radius 2 is 1.92 bits per heavy atom. The highest BCUT2D eigenvalue weighted by Gasteiger charge is 2.50. The van der Waals surface area contributed by atoms with Crippen LogP contribution >= 0.6 is 0 Å². The second-order valence-electron chi connectivity index (χ2n) is 6.16. The number of hydrogen-bond donors (Lipinski definition) is 1. The van der Waals surface area contributed by atoms with Crippen molar-refractivity contribution in [2.24, 2.45) is 5.92 Å². The fourth-order valence-corrected chi connectivity index (χ4v) is 3.02. The molecule has 0 radical (unpaired) electrons. The van der Waals surface area contributed by atoms with Crippen molar-refractivity contribution in [2.75, 3.05) is 6.54 Å². The number of carbonyl (C=O) groups excluding carboxylic acids is 2. The summed E-state index contributed by atoms with van der Waals surface area (Å²) in [5.41, 5.74) is 0.758. The van der Waals surface area contributed by atoms with Crippen LogP contribution in [-0.2, 0) is 16.0 Å². The molecule has 24 heavy (non-hydrogen) atoms. The van der Waals surface area contributed by atoms with Gasteiger partial charge in [0.05, 0.1) is 0 Å². The van der Waals surface area contributed by atoms with Gasteiger partial charge in [-0.25, -0.2) is 14.5 Å². The van der Waals surface area contributed by atoms with Crippen LogP contribution in [0.5, 0.6) is 0 Å². The van der Waals surface area contributed by atoms with E-state index in [1.165, 1.54) is 11.0 Å². The molecule has 0 spiro atoms. The molecule has 1 aliphatic heterocycles. The van der Waals surface area contributed by atoms with Crippen molar-refractivity contribution in [2.45, 2.75) is 32.4 Å². The van der Waals surface area contributed by atoms with E-state index in [2.05, 4.69) is 6.58 Å². The first-order valence-electron chi connectivity index (χ1n) is 7.89. The number of rotatable bonds is 7. The molecule has 1 N–H and O–H groups in total. The average molecular weight is 330 g/mol. The Labute approximate surface area is 141 Å². The third-order valence-corrected chi connectivity index (χ3v) is 4.10. The summed E-state index contributed by atoms with van der Waals surface area (Å²) in [6.07, 6.45) is 1.62. The van der Waals surface area contributed by atoms with Crippen LogP contribution in [0.2, 0.25) is 0 Å². The van der Waals surface area contributed by atoms with Crippen molar-refractivity contribution in [1.29, 1.82) is 0 Å². The number of benzene rings is 1. The SMILES string of the molecule is C=CCN1C(=O)N(C(Cc2ccccc2)C(=O)O)C(=O)C1C(C)C. The Kier molecular flexibility index (Phi) is 5.39. The minimum absolute atomic E-state index is 0.0837. The van der Waals surface area contributed by atoms with Gasteiger partial charge in [-0.2, -0.15) is 0 Å². The van der Waals surface area contributed by atoms with E-state index < -0.39 is 30.0 Å². The lowest BCUT2D eigenvalue weighted by Gasteiger charge is -2.23. The van der Waals surface area contributed by atoms with Crippen LogP contribution in [0.1, 0.15) is 19.4 Å². The first-order chi connectivity index (χ1) is 11.4. The molecule has 3 amide bonds. The van der Waals surface area contributed by atoms with E-state index in [9.17, 15) is 19.5 Å². The number of carbonyl (C=O) groups is 3. The first kappa shape index (κ1) is 17.7. The molecule has 128 valence electrons.